The summed E-state index contributed by atoms with van der Waals surface area (Å²) < 4.78 is 34.5. The van der Waals surface area contributed by atoms with Gasteiger partial charge in [-0.3, -0.25) is 13.9 Å². The maximum atomic E-state index is 14.0. The van der Waals surface area contributed by atoms with Gasteiger partial charge in [-0.25, -0.2) is 8.42 Å². The molecule has 2 amide bonds. The molecule has 0 aliphatic heterocycles. The maximum absolute atomic E-state index is 14.0. The van der Waals surface area contributed by atoms with Gasteiger partial charge in [0.05, 0.1) is 17.2 Å². The monoisotopic (exact) mass is 579 g/mol. The number of hydrogen-bond acceptors (Lipinski definition) is 5. The van der Waals surface area contributed by atoms with Gasteiger partial charge >= 0.3 is 0 Å². The molecule has 2 atom stereocenters. The van der Waals surface area contributed by atoms with E-state index in [0.717, 1.165) is 27.4 Å². The van der Waals surface area contributed by atoms with Crippen molar-refractivity contribution in [3.63, 3.8) is 0 Å². The molecule has 3 aromatic carbocycles. The van der Waals surface area contributed by atoms with Crippen molar-refractivity contribution >= 4 is 27.5 Å². The first-order valence-electron chi connectivity index (χ1n) is 13.9. The van der Waals surface area contributed by atoms with E-state index >= 15 is 0 Å². The minimum absolute atomic E-state index is 0.0299. The highest BCUT2D eigenvalue weighted by Gasteiger charge is 2.33. The Kier molecular flexibility index (Phi) is 10.9. The number of nitrogens with one attached hydrogen (secondary N) is 1. The molecule has 1 N–H and O–H groups in total. The summed E-state index contributed by atoms with van der Waals surface area (Å²) >= 11 is 0. The summed E-state index contributed by atoms with van der Waals surface area (Å²) in [5.41, 5.74) is 3.15. The second-order valence-electron chi connectivity index (χ2n) is 10.2. The number of rotatable bonds is 13. The third kappa shape index (κ3) is 8.10. The van der Waals surface area contributed by atoms with Crippen molar-refractivity contribution in [2.24, 2.45) is 0 Å². The number of carbonyl (C=O) groups is 2. The molecule has 3 rings (SSSR count). The number of anilines is 1. The van der Waals surface area contributed by atoms with E-state index in [0.29, 0.717) is 18.0 Å². The van der Waals surface area contributed by atoms with Crippen LogP contribution < -0.4 is 14.4 Å². The molecule has 0 radical (unpaired) electrons. The summed E-state index contributed by atoms with van der Waals surface area (Å²) in [6, 6.07) is 19.8. The van der Waals surface area contributed by atoms with Crippen molar-refractivity contribution in [1.82, 2.24) is 10.2 Å². The van der Waals surface area contributed by atoms with E-state index in [1.54, 1.807) is 43.3 Å². The highest BCUT2D eigenvalue weighted by Crippen LogP contribution is 2.26. The number of benzene rings is 3. The normalized spacial score (nSPS) is 12.7. The van der Waals surface area contributed by atoms with Crippen LogP contribution >= 0.6 is 0 Å². The topological polar surface area (TPSA) is 96.0 Å². The van der Waals surface area contributed by atoms with Crippen LogP contribution in [0, 0.1) is 13.8 Å². The van der Waals surface area contributed by atoms with Gasteiger partial charge < -0.3 is 15.0 Å². The SMILES string of the molecule is CCOc1ccc(S(=O)(=O)N(CC(=O)N(Cc2ccccc2C)C(C)C(=O)NC(C)CC)c2ccc(C)cc2)cc1. The van der Waals surface area contributed by atoms with Crippen molar-refractivity contribution in [3.05, 3.63) is 89.5 Å². The van der Waals surface area contributed by atoms with Gasteiger partial charge in [-0.05, 0) is 88.6 Å². The van der Waals surface area contributed by atoms with Crippen molar-refractivity contribution in [2.75, 3.05) is 17.5 Å². The van der Waals surface area contributed by atoms with Crippen LogP contribution in [-0.4, -0.2) is 50.4 Å². The molecule has 2 unspecified atom stereocenters. The molecule has 8 nitrogen and oxygen atoms in total. The van der Waals surface area contributed by atoms with Crippen LogP contribution in [0.3, 0.4) is 0 Å². The van der Waals surface area contributed by atoms with Gasteiger partial charge in [-0.1, -0.05) is 48.9 Å². The molecule has 41 heavy (non-hydrogen) atoms. The number of hydrogen-bond donors (Lipinski definition) is 1. The first-order valence-corrected chi connectivity index (χ1v) is 15.4. The standard InChI is InChI=1S/C32H41N3O5S/c1-7-25(5)33-32(37)26(6)34(21-27-12-10-9-11-24(27)4)31(36)22-35(28-15-13-23(3)14-16-28)41(38,39)30-19-17-29(18-20-30)40-8-2/h9-20,25-26H,7-8,21-22H2,1-6H3,(H,33,37). The van der Waals surface area contributed by atoms with Crippen molar-refractivity contribution in [2.45, 2.75) is 71.5 Å². The molecular weight excluding hydrogens is 538 g/mol. The van der Waals surface area contributed by atoms with Crippen LogP contribution in [-0.2, 0) is 26.2 Å². The molecule has 3 aromatic rings. The first-order chi connectivity index (χ1) is 19.5. The van der Waals surface area contributed by atoms with Crippen LogP contribution in [0.25, 0.3) is 0 Å². The highest BCUT2D eigenvalue weighted by molar-refractivity contribution is 7.92. The minimum atomic E-state index is -4.15. The summed E-state index contributed by atoms with van der Waals surface area (Å²) in [4.78, 5) is 28.7. The van der Waals surface area contributed by atoms with E-state index in [2.05, 4.69) is 5.32 Å². The molecule has 0 spiro atoms. The Morgan fingerprint density at radius 3 is 2.12 bits per heavy atom. The number of ether oxygens (including phenoxy) is 1. The Labute approximate surface area is 244 Å². The van der Waals surface area contributed by atoms with Gasteiger partial charge in [0.1, 0.15) is 18.3 Å². The predicted molar refractivity (Wildman–Crippen MR) is 162 cm³/mol. The fourth-order valence-corrected chi connectivity index (χ4v) is 5.67. The quantitative estimate of drug-likeness (QED) is 0.299. The zero-order valence-corrected chi connectivity index (χ0v) is 25.6. The Hall–Kier alpha value is -3.85. The Morgan fingerprint density at radius 2 is 1.54 bits per heavy atom. The molecule has 0 aliphatic carbocycles. The number of carbonyl (C=O) groups excluding carboxylic acids is 2. The lowest BCUT2D eigenvalue weighted by Crippen LogP contribution is -2.52. The van der Waals surface area contributed by atoms with Crippen molar-refractivity contribution in [3.8, 4) is 5.75 Å². The highest BCUT2D eigenvalue weighted by atomic mass is 32.2. The van der Waals surface area contributed by atoms with E-state index in [1.165, 1.54) is 17.0 Å². The average molecular weight is 580 g/mol. The van der Waals surface area contributed by atoms with Crippen molar-refractivity contribution in [1.29, 1.82) is 0 Å². The molecule has 0 aromatic heterocycles. The Balaban J connectivity index is 2.02. The lowest BCUT2D eigenvalue weighted by atomic mass is 10.1. The third-order valence-corrected chi connectivity index (χ3v) is 8.88. The second-order valence-corrected chi connectivity index (χ2v) is 12.1. The molecule has 0 heterocycles. The van der Waals surface area contributed by atoms with E-state index in [1.807, 2.05) is 58.9 Å². The summed E-state index contributed by atoms with van der Waals surface area (Å²) in [6.07, 6.45) is 0.742. The van der Waals surface area contributed by atoms with Gasteiger partial charge in [-0.15, -0.1) is 0 Å². The van der Waals surface area contributed by atoms with Gasteiger partial charge in [0.15, 0.2) is 0 Å². The van der Waals surface area contributed by atoms with Gasteiger partial charge in [-0.2, -0.15) is 0 Å². The van der Waals surface area contributed by atoms with Crippen LogP contribution in [0.15, 0.2) is 77.7 Å². The van der Waals surface area contributed by atoms with Crippen molar-refractivity contribution < 1.29 is 22.7 Å². The smallest absolute Gasteiger partial charge is 0.264 e. The Morgan fingerprint density at radius 1 is 0.902 bits per heavy atom. The largest absolute Gasteiger partial charge is 0.494 e. The molecule has 220 valence electrons. The first kappa shape index (κ1) is 31.7. The molecule has 9 heteroatoms. The third-order valence-electron chi connectivity index (χ3n) is 7.09. The van der Waals surface area contributed by atoms with Crippen LogP contribution in [0.5, 0.6) is 5.75 Å². The summed E-state index contributed by atoms with van der Waals surface area (Å²) in [5.74, 6) is -0.234. The lowest BCUT2D eigenvalue weighted by molar-refractivity contribution is -0.139. The van der Waals surface area contributed by atoms with Crippen LogP contribution in [0.1, 0.15) is 50.8 Å². The van der Waals surface area contributed by atoms with Gasteiger partial charge in [0.2, 0.25) is 11.8 Å². The number of aryl methyl sites for hydroxylation is 2. The second kappa shape index (κ2) is 14.2. The molecule has 0 fully saturated rings. The molecular formula is C32H41N3O5S. The molecule has 0 bridgehead atoms. The number of amides is 2. The average Bonchev–Trinajstić information content (AvgIpc) is 2.96. The zero-order chi connectivity index (χ0) is 30.2. The van der Waals surface area contributed by atoms with E-state index in [9.17, 15) is 18.0 Å². The maximum Gasteiger partial charge on any atom is 0.264 e. The zero-order valence-electron chi connectivity index (χ0n) is 24.8. The van der Waals surface area contributed by atoms with E-state index in [4.69, 9.17) is 4.74 Å². The molecule has 0 saturated carbocycles. The minimum Gasteiger partial charge on any atom is -0.494 e. The van der Waals surface area contributed by atoms with Gasteiger partial charge in [0, 0.05) is 12.6 Å². The lowest BCUT2D eigenvalue weighted by Gasteiger charge is -2.32. The summed E-state index contributed by atoms with van der Waals surface area (Å²) in [6.45, 7) is 11.4. The van der Waals surface area contributed by atoms with Crippen LogP contribution in [0.2, 0.25) is 0 Å². The van der Waals surface area contributed by atoms with Gasteiger partial charge in [0.25, 0.3) is 10.0 Å². The number of nitrogens with zero attached hydrogens (tertiary/aromatic N) is 2. The molecule has 0 saturated heterocycles. The van der Waals surface area contributed by atoms with E-state index < -0.39 is 28.5 Å². The fraction of sp³-hybridized carbons (Fsp3) is 0.375. The number of sulfonamides is 1. The fourth-order valence-electron chi connectivity index (χ4n) is 4.26. The Bertz CT molecular complexity index is 1420. The van der Waals surface area contributed by atoms with Crippen LogP contribution in [0.4, 0.5) is 5.69 Å². The predicted octanol–water partition coefficient (Wildman–Crippen LogP) is 5.23. The summed E-state index contributed by atoms with van der Waals surface area (Å²) in [5, 5.41) is 2.95. The van der Waals surface area contributed by atoms with E-state index in [-0.39, 0.29) is 23.4 Å². The molecule has 0 aliphatic rings. The summed E-state index contributed by atoms with van der Waals surface area (Å²) in [7, 11) is -4.15.